The van der Waals surface area contributed by atoms with E-state index in [1.165, 1.54) is 12.1 Å². The van der Waals surface area contributed by atoms with E-state index in [0.29, 0.717) is 29.7 Å². The minimum atomic E-state index is -0.324. The normalized spacial score (nSPS) is 25.5. The van der Waals surface area contributed by atoms with Crippen LogP contribution in [-0.4, -0.2) is 47.1 Å². The predicted molar refractivity (Wildman–Crippen MR) is 108 cm³/mol. The van der Waals surface area contributed by atoms with E-state index in [1.54, 1.807) is 12.1 Å². The van der Waals surface area contributed by atoms with Gasteiger partial charge in [-0.3, -0.25) is 4.79 Å². The molecule has 3 heterocycles. The summed E-state index contributed by atoms with van der Waals surface area (Å²) in [5, 5.41) is 7.42. The van der Waals surface area contributed by atoms with Crippen LogP contribution in [0.3, 0.4) is 0 Å². The largest absolute Gasteiger partial charge is 0.342 e. The number of carbonyl (C=O) groups excluding carboxylic acids is 1. The van der Waals surface area contributed by atoms with Crippen molar-refractivity contribution in [1.29, 1.82) is 0 Å². The quantitative estimate of drug-likeness (QED) is 0.824. The van der Waals surface area contributed by atoms with Gasteiger partial charge < -0.3 is 14.7 Å². The highest BCUT2D eigenvalue weighted by Crippen LogP contribution is 2.59. The number of rotatable bonds is 3. The fourth-order valence-electron chi connectivity index (χ4n) is 4.92. The minimum Gasteiger partial charge on any atom is -0.342 e. The molecule has 1 spiro atoms. The van der Waals surface area contributed by atoms with E-state index >= 15 is 0 Å². The molecule has 2 saturated heterocycles. The Morgan fingerprint density at radius 3 is 2.93 bits per heavy atom. The molecule has 156 valence electrons. The fraction of sp³-hybridized carbons (Fsp3) is 0.571. The van der Waals surface area contributed by atoms with Crippen LogP contribution in [0.25, 0.3) is 11.4 Å². The molecular formula is C21H26ClFN4O2. The second-order valence-electron chi connectivity index (χ2n) is 8.46. The Bertz CT molecular complexity index is 883. The highest BCUT2D eigenvalue weighted by molar-refractivity contribution is 5.85. The Kier molecular flexibility index (Phi) is 5.62. The first-order valence-corrected chi connectivity index (χ1v) is 10.2. The van der Waals surface area contributed by atoms with Gasteiger partial charge in [-0.15, -0.1) is 12.4 Å². The first-order valence-electron chi connectivity index (χ1n) is 10.2. The van der Waals surface area contributed by atoms with Crippen LogP contribution in [0.4, 0.5) is 4.39 Å². The minimum absolute atomic E-state index is 0. The maximum atomic E-state index is 13.5. The molecule has 29 heavy (non-hydrogen) atoms. The van der Waals surface area contributed by atoms with Gasteiger partial charge in [-0.2, -0.15) is 4.98 Å². The number of nitrogens with one attached hydrogen (secondary N) is 1. The van der Waals surface area contributed by atoms with Crippen molar-refractivity contribution >= 4 is 18.3 Å². The molecule has 2 unspecified atom stereocenters. The van der Waals surface area contributed by atoms with Gasteiger partial charge in [0.15, 0.2) is 0 Å². The highest BCUT2D eigenvalue weighted by atomic mass is 35.5. The van der Waals surface area contributed by atoms with Crippen molar-refractivity contribution in [2.24, 2.45) is 11.3 Å². The van der Waals surface area contributed by atoms with Crippen molar-refractivity contribution in [3.05, 3.63) is 36.0 Å². The summed E-state index contributed by atoms with van der Waals surface area (Å²) in [7, 11) is 0. The van der Waals surface area contributed by atoms with E-state index < -0.39 is 0 Å². The number of piperidine rings is 2. The Balaban J connectivity index is 0.00000205. The molecule has 1 N–H and O–H groups in total. The van der Waals surface area contributed by atoms with Gasteiger partial charge in [-0.1, -0.05) is 17.3 Å². The molecule has 1 aromatic carbocycles. The average molecular weight is 421 g/mol. The van der Waals surface area contributed by atoms with Crippen molar-refractivity contribution in [2.45, 2.75) is 38.0 Å². The topological polar surface area (TPSA) is 71.3 Å². The summed E-state index contributed by atoms with van der Waals surface area (Å²) >= 11 is 0. The van der Waals surface area contributed by atoms with Crippen molar-refractivity contribution in [2.75, 3.05) is 26.2 Å². The summed E-state index contributed by atoms with van der Waals surface area (Å²) in [5.41, 5.74) is 0.856. The van der Waals surface area contributed by atoms with Gasteiger partial charge in [0.2, 0.25) is 17.6 Å². The molecule has 1 aliphatic carbocycles. The van der Waals surface area contributed by atoms with Crippen LogP contribution in [0.2, 0.25) is 0 Å². The number of benzene rings is 1. The molecular weight excluding hydrogens is 395 g/mol. The lowest BCUT2D eigenvalue weighted by Gasteiger charge is -2.32. The third-order valence-corrected chi connectivity index (χ3v) is 6.69. The second kappa shape index (κ2) is 8.03. The molecule has 0 radical (unpaired) electrons. The number of hydrogen-bond acceptors (Lipinski definition) is 5. The molecule has 5 rings (SSSR count). The Hall–Kier alpha value is -1.99. The lowest BCUT2D eigenvalue weighted by Crippen LogP contribution is -2.41. The van der Waals surface area contributed by atoms with Gasteiger partial charge in [0.25, 0.3) is 0 Å². The zero-order valence-electron chi connectivity index (χ0n) is 16.3. The number of amides is 1. The molecule has 3 fully saturated rings. The summed E-state index contributed by atoms with van der Waals surface area (Å²) in [6.07, 6.45) is 5.13. The number of carbonyl (C=O) groups is 1. The first kappa shape index (κ1) is 20.3. The molecule has 3 aliphatic rings. The number of likely N-dealkylation sites (tertiary alicyclic amines) is 1. The van der Waals surface area contributed by atoms with Crippen LogP contribution in [0.15, 0.2) is 28.8 Å². The standard InChI is InChI=1S/C21H25FN4O2.ClH/c22-16-5-1-3-14(11-16)18-24-19(28-25-18)15-4-2-10-26(13-15)20(27)17-12-21(17)6-8-23-9-7-21;/h1,3,5,11,15,17,23H,2,4,6-10,12-13H2;1H. The average Bonchev–Trinajstić information content (AvgIpc) is 3.18. The highest BCUT2D eigenvalue weighted by Gasteiger charge is 2.58. The summed E-state index contributed by atoms with van der Waals surface area (Å²) in [6, 6.07) is 6.19. The smallest absolute Gasteiger partial charge is 0.231 e. The van der Waals surface area contributed by atoms with Crippen LogP contribution in [-0.2, 0) is 4.79 Å². The lowest BCUT2D eigenvalue weighted by molar-refractivity contribution is -0.135. The maximum Gasteiger partial charge on any atom is 0.231 e. The summed E-state index contributed by atoms with van der Waals surface area (Å²) in [5.74, 6) is 1.16. The monoisotopic (exact) mass is 420 g/mol. The van der Waals surface area contributed by atoms with Gasteiger partial charge in [0, 0.05) is 24.6 Å². The number of aromatic nitrogens is 2. The molecule has 6 nitrogen and oxygen atoms in total. The molecule has 2 aliphatic heterocycles. The SMILES string of the molecule is Cl.O=C(C1CC12CCNCC2)N1CCCC(c2nc(-c3cccc(F)c3)no2)C1. The van der Waals surface area contributed by atoms with Crippen LogP contribution in [0.5, 0.6) is 0 Å². The Labute approximate surface area is 175 Å². The predicted octanol–water partition coefficient (Wildman–Crippen LogP) is 3.39. The van der Waals surface area contributed by atoms with Gasteiger partial charge in [0.05, 0.1) is 5.92 Å². The fourth-order valence-corrected chi connectivity index (χ4v) is 4.92. The van der Waals surface area contributed by atoms with Crippen LogP contribution in [0, 0.1) is 17.2 Å². The van der Waals surface area contributed by atoms with Gasteiger partial charge in [-0.25, -0.2) is 4.39 Å². The Morgan fingerprint density at radius 1 is 1.31 bits per heavy atom. The van der Waals surface area contributed by atoms with Crippen LogP contribution in [0.1, 0.15) is 43.9 Å². The lowest BCUT2D eigenvalue weighted by atomic mass is 9.91. The van der Waals surface area contributed by atoms with Crippen molar-refractivity contribution in [3.63, 3.8) is 0 Å². The van der Waals surface area contributed by atoms with Gasteiger partial charge in [0.1, 0.15) is 5.82 Å². The molecule has 1 aromatic heterocycles. The summed E-state index contributed by atoms with van der Waals surface area (Å²) in [4.78, 5) is 19.6. The number of halogens is 2. The summed E-state index contributed by atoms with van der Waals surface area (Å²) < 4.78 is 18.9. The third kappa shape index (κ3) is 3.90. The van der Waals surface area contributed by atoms with Gasteiger partial charge >= 0.3 is 0 Å². The van der Waals surface area contributed by atoms with E-state index in [1.807, 2.05) is 4.90 Å². The molecule has 8 heteroatoms. The number of nitrogens with zero attached hydrogens (tertiary/aromatic N) is 3. The number of hydrogen-bond donors (Lipinski definition) is 1. The van der Waals surface area contributed by atoms with E-state index in [4.69, 9.17) is 4.52 Å². The van der Waals surface area contributed by atoms with Crippen molar-refractivity contribution in [1.82, 2.24) is 20.4 Å². The zero-order valence-corrected chi connectivity index (χ0v) is 17.1. The van der Waals surface area contributed by atoms with Crippen molar-refractivity contribution in [3.8, 4) is 11.4 Å². The van der Waals surface area contributed by atoms with E-state index in [-0.39, 0.29) is 35.5 Å². The molecule has 2 aromatic rings. The molecule has 1 amide bonds. The van der Waals surface area contributed by atoms with Crippen molar-refractivity contribution < 1.29 is 13.7 Å². The van der Waals surface area contributed by atoms with E-state index in [9.17, 15) is 9.18 Å². The molecule has 2 atom stereocenters. The van der Waals surface area contributed by atoms with Crippen LogP contribution < -0.4 is 5.32 Å². The first-order chi connectivity index (χ1) is 13.6. The van der Waals surface area contributed by atoms with Gasteiger partial charge in [-0.05, 0) is 62.7 Å². The molecule has 0 bridgehead atoms. The Morgan fingerprint density at radius 2 is 2.14 bits per heavy atom. The second-order valence-corrected chi connectivity index (χ2v) is 8.46. The summed E-state index contributed by atoms with van der Waals surface area (Å²) in [6.45, 7) is 3.49. The van der Waals surface area contributed by atoms with Crippen LogP contribution >= 0.6 is 12.4 Å². The van der Waals surface area contributed by atoms with E-state index in [2.05, 4.69) is 15.5 Å². The third-order valence-electron chi connectivity index (χ3n) is 6.69. The van der Waals surface area contributed by atoms with E-state index in [0.717, 1.165) is 51.7 Å². The molecule has 1 saturated carbocycles. The zero-order chi connectivity index (χ0) is 19.1. The maximum absolute atomic E-state index is 13.5.